The number of carbonyl (C=O) groups excluding carboxylic acids is 1. The van der Waals surface area contributed by atoms with Crippen LogP contribution < -0.4 is 0 Å². The molecule has 0 aliphatic carbocycles. The number of hydrogen-bond acceptors (Lipinski definition) is 2. The molecule has 0 saturated carbocycles. The average molecular weight is 196 g/mol. The van der Waals surface area contributed by atoms with Gasteiger partial charge in [0.25, 0.3) is 0 Å². The highest BCUT2D eigenvalue weighted by atomic mass is 16.2. The minimum atomic E-state index is 0.246. The van der Waals surface area contributed by atoms with E-state index in [-0.39, 0.29) is 5.91 Å². The Morgan fingerprint density at radius 1 is 1.14 bits per heavy atom. The third-order valence-corrected chi connectivity index (χ3v) is 3.69. The number of hydrogen-bond donors (Lipinski definition) is 0. The van der Waals surface area contributed by atoms with Crippen molar-refractivity contribution in [1.82, 2.24) is 9.80 Å². The van der Waals surface area contributed by atoms with Crippen LogP contribution in [0.4, 0.5) is 0 Å². The Bertz CT molecular complexity index is 225. The third kappa shape index (κ3) is 1.65. The predicted octanol–water partition coefficient (Wildman–Crippen LogP) is 0.805. The number of likely N-dealkylation sites (tertiary alicyclic amines) is 2. The molecule has 14 heavy (non-hydrogen) atoms. The van der Waals surface area contributed by atoms with Gasteiger partial charge in [0.2, 0.25) is 5.91 Å². The largest absolute Gasteiger partial charge is 0.342 e. The lowest BCUT2D eigenvalue weighted by atomic mass is 10.0. The first-order chi connectivity index (χ1) is 6.58. The standard InChI is InChI=1S/C11H20N2O/c1-8(2)12-4-10-6-13(9(3)14)7-11(10)5-12/h8,10-11H,4-7H2,1-3H3/t10-,11?/m0/s1. The smallest absolute Gasteiger partial charge is 0.219 e. The van der Waals surface area contributed by atoms with Crippen molar-refractivity contribution >= 4 is 5.91 Å². The van der Waals surface area contributed by atoms with Crippen molar-refractivity contribution in [2.75, 3.05) is 26.2 Å². The molecule has 2 aliphatic rings. The Balaban J connectivity index is 1.93. The summed E-state index contributed by atoms with van der Waals surface area (Å²) < 4.78 is 0. The Hall–Kier alpha value is -0.570. The predicted molar refractivity (Wildman–Crippen MR) is 55.9 cm³/mol. The van der Waals surface area contributed by atoms with E-state index in [0.717, 1.165) is 24.9 Å². The monoisotopic (exact) mass is 196 g/mol. The fourth-order valence-electron chi connectivity index (χ4n) is 2.71. The van der Waals surface area contributed by atoms with E-state index >= 15 is 0 Å². The lowest BCUT2D eigenvalue weighted by molar-refractivity contribution is -0.128. The summed E-state index contributed by atoms with van der Waals surface area (Å²) in [5, 5.41) is 0. The summed E-state index contributed by atoms with van der Waals surface area (Å²) in [6, 6.07) is 0.659. The molecule has 0 aromatic rings. The quantitative estimate of drug-likeness (QED) is 0.619. The highest BCUT2D eigenvalue weighted by Gasteiger charge is 2.41. The van der Waals surface area contributed by atoms with Gasteiger partial charge in [0.05, 0.1) is 0 Å². The summed E-state index contributed by atoms with van der Waals surface area (Å²) in [7, 11) is 0. The van der Waals surface area contributed by atoms with Crippen LogP contribution in [0.3, 0.4) is 0 Å². The first-order valence-corrected chi connectivity index (χ1v) is 5.57. The molecule has 0 bridgehead atoms. The van der Waals surface area contributed by atoms with Crippen LogP contribution in [0.15, 0.2) is 0 Å². The van der Waals surface area contributed by atoms with E-state index in [0.29, 0.717) is 6.04 Å². The number of nitrogens with zero attached hydrogens (tertiary/aromatic N) is 2. The summed E-state index contributed by atoms with van der Waals surface area (Å²) in [6.07, 6.45) is 0. The summed E-state index contributed by atoms with van der Waals surface area (Å²) in [6.45, 7) is 10.5. The first-order valence-electron chi connectivity index (χ1n) is 5.57. The summed E-state index contributed by atoms with van der Waals surface area (Å²) in [5.41, 5.74) is 0. The fraction of sp³-hybridized carbons (Fsp3) is 0.909. The highest BCUT2D eigenvalue weighted by molar-refractivity contribution is 5.73. The van der Waals surface area contributed by atoms with Gasteiger partial charge in [0, 0.05) is 39.1 Å². The lowest BCUT2D eigenvalue weighted by Gasteiger charge is -2.23. The van der Waals surface area contributed by atoms with Crippen LogP contribution in [0.5, 0.6) is 0 Å². The number of amides is 1. The normalized spacial score (nSPS) is 32.7. The van der Waals surface area contributed by atoms with Gasteiger partial charge in [0.1, 0.15) is 0 Å². The van der Waals surface area contributed by atoms with Crippen molar-refractivity contribution < 1.29 is 4.79 Å². The molecule has 0 radical (unpaired) electrons. The van der Waals surface area contributed by atoms with Crippen LogP contribution in [0.1, 0.15) is 20.8 Å². The van der Waals surface area contributed by atoms with Crippen molar-refractivity contribution in [3.8, 4) is 0 Å². The zero-order valence-electron chi connectivity index (χ0n) is 9.36. The van der Waals surface area contributed by atoms with Gasteiger partial charge in [-0.05, 0) is 25.7 Å². The van der Waals surface area contributed by atoms with Gasteiger partial charge < -0.3 is 9.80 Å². The Morgan fingerprint density at radius 2 is 1.64 bits per heavy atom. The van der Waals surface area contributed by atoms with Crippen molar-refractivity contribution in [2.24, 2.45) is 11.8 Å². The summed E-state index contributed by atoms with van der Waals surface area (Å²) >= 11 is 0. The summed E-state index contributed by atoms with van der Waals surface area (Å²) in [4.78, 5) is 15.7. The molecule has 1 amide bonds. The molecular formula is C11H20N2O. The second-order valence-corrected chi connectivity index (χ2v) is 4.99. The van der Waals surface area contributed by atoms with Crippen molar-refractivity contribution in [1.29, 1.82) is 0 Å². The van der Waals surface area contributed by atoms with Gasteiger partial charge in [0.15, 0.2) is 0 Å². The summed E-state index contributed by atoms with van der Waals surface area (Å²) in [5.74, 6) is 1.72. The maximum atomic E-state index is 11.2. The first kappa shape index (κ1) is 9.97. The van der Waals surface area contributed by atoms with Gasteiger partial charge in [-0.25, -0.2) is 0 Å². The van der Waals surface area contributed by atoms with Gasteiger partial charge in [-0.2, -0.15) is 0 Å². The molecule has 3 heteroatoms. The molecule has 1 unspecified atom stereocenters. The van der Waals surface area contributed by atoms with Gasteiger partial charge >= 0.3 is 0 Å². The van der Waals surface area contributed by atoms with Crippen LogP contribution in [-0.2, 0) is 4.79 Å². The van der Waals surface area contributed by atoms with Crippen molar-refractivity contribution in [2.45, 2.75) is 26.8 Å². The van der Waals surface area contributed by atoms with E-state index in [9.17, 15) is 4.79 Å². The number of rotatable bonds is 1. The molecule has 2 aliphatic heterocycles. The lowest BCUT2D eigenvalue weighted by Crippen LogP contribution is -2.34. The Labute approximate surface area is 86.1 Å². The van der Waals surface area contributed by atoms with Crippen molar-refractivity contribution in [3.05, 3.63) is 0 Å². The van der Waals surface area contributed by atoms with Gasteiger partial charge in [-0.3, -0.25) is 4.79 Å². The average Bonchev–Trinajstić information content (AvgIpc) is 2.57. The molecular weight excluding hydrogens is 176 g/mol. The van der Waals surface area contributed by atoms with E-state index in [4.69, 9.17) is 0 Å². The second kappa shape index (κ2) is 3.54. The van der Waals surface area contributed by atoms with Crippen LogP contribution in [0.2, 0.25) is 0 Å². The maximum Gasteiger partial charge on any atom is 0.219 e. The zero-order chi connectivity index (χ0) is 10.3. The molecule has 2 atom stereocenters. The molecule has 80 valence electrons. The van der Waals surface area contributed by atoms with E-state index in [2.05, 4.69) is 18.7 Å². The molecule has 0 aromatic heterocycles. The van der Waals surface area contributed by atoms with E-state index < -0.39 is 0 Å². The molecule has 3 nitrogen and oxygen atoms in total. The minimum absolute atomic E-state index is 0.246. The SMILES string of the molecule is CC(=O)N1CC2CN(C(C)C)C[C@H]2C1. The molecule has 2 fully saturated rings. The van der Waals surface area contributed by atoms with Crippen molar-refractivity contribution in [3.63, 3.8) is 0 Å². The zero-order valence-corrected chi connectivity index (χ0v) is 9.36. The molecule has 2 heterocycles. The van der Waals surface area contributed by atoms with Crippen LogP contribution in [-0.4, -0.2) is 47.9 Å². The van der Waals surface area contributed by atoms with E-state index in [1.54, 1.807) is 6.92 Å². The topological polar surface area (TPSA) is 23.6 Å². The molecule has 0 aromatic carbocycles. The van der Waals surface area contributed by atoms with Crippen LogP contribution in [0, 0.1) is 11.8 Å². The van der Waals surface area contributed by atoms with E-state index in [1.807, 2.05) is 4.90 Å². The molecule has 0 N–H and O–H groups in total. The van der Waals surface area contributed by atoms with Gasteiger partial charge in [-0.1, -0.05) is 0 Å². The number of fused-ring (bicyclic) bond motifs is 1. The van der Waals surface area contributed by atoms with Gasteiger partial charge in [-0.15, -0.1) is 0 Å². The highest BCUT2D eigenvalue weighted by Crippen LogP contribution is 2.31. The third-order valence-electron chi connectivity index (χ3n) is 3.69. The maximum absolute atomic E-state index is 11.2. The molecule has 2 saturated heterocycles. The fourth-order valence-corrected chi connectivity index (χ4v) is 2.71. The van der Waals surface area contributed by atoms with E-state index in [1.165, 1.54) is 13.1 Å². The number of carbonyl (C=O) groups is 1. The Kier molecular flexibility index (Phi) is 2.52. The van der Waals surface area contributed by atoms with Crippen LogP contribution >= 0.6 is 0 Å². The van der Waals surface area contributed by atoms with Crippen LogP contribution in [0.25, 0.3) is 0 Å². The minimum Gasteiger partial charge on any atom is -0.342 e. The Morgan fingerprint density at radius 3 is 2.00 bits per heavy atom. The molecule has 2 rings (SSSR count). The molecule has 0 spiro atoms. The second-order valence-electron chi connectivity index (χ2n) is 4.99.